The van der Waals surface area contributed by atoms with Gasteiger partial charge in [-0.2, -0.15) is 5.10 Å². The van der Waals surface area contributed by atoms with Gasteiger partial charge >= 0.3 is 0 Å². The SMILES string of the molecule is CCn1nc2ccc(C=O)cc2c1C. The summed E-state index contributed by atoms with van der Waals surface area (Å²) >= 11 is 0. The van der Waals surface area contributed by atoms with Gasteiger partial charge in [0, 0.05) is 23.2 Å². The number of hydrogen-bond donors (Lipinski definition) is 0. The lowest BCUT2D eigenvalue weighted by Gasteiger charge is -1.96. The zero-order chi connectivity index (χ0) is 10.1. The minimum atomic E-state index is 0.705. The van der Waals surface area contributed by atoms with Crippen molar-refractivity contribution in [1.82, 2.24) is 9.78 Å². The van der Waals surface area contributed by atoms with E-state index in [-0.39, 0.29) is 0 Å². The average molecular weight is 188 g/mol. The van der Waals surface area contributed by atoms with E-state index in [9.17, 15) is 4.79 Å². The van der Waals surface area contributed by atoms with Gasteiger partial charge in [-0.15, -0.1) is 0 Å². The molecule has 14 heavy (non-hydrogen) atoms. The molecule has 0 radical (unpaired) electrons. The lowest BCUT2D eigenvalue weighted by atomic mass is 10.1. The summed E-state index contributed by atoms with van der Waals surface area (Å²) in [4.78, 5) is 10.6. The van der Waals surface area contributed by atoms with E-state index in [2.05, 4.69) is 12.0 Å². The van der Waals surface area contributed by atoms with Crippen LogP contribution in [0.25, 0.3) is 10.9 Å². The summed E-state index contributed by atoms with van der Waals surface area (Å²) in [6.07, 6.45) is 0.863. The van der Waals surface area contributed by atoms with E-state index in [0.29, 0.717) is 5.56 Å². The van der Waals surface area contributed by atoms with E-state index < -0.39 is 0 Å². The second-order valence-corrected chi connectivity index (χ2v) is 3.30. The van der Waals surface area contributed by atoms with E-state index in [1.165, 1.54) is 0 Å². The number of carbonyl (C=O) groups excluding carboxylic acids is 1. The van der Waals surface area contributed by atoms with Gasteiger partial charge in [-0.1, -0.05) is 0 Å². The number of aldehydes is 1. The van der Waals surface area contributed by atoms with Gasteiger partial charge in [0.1, 0.15) is 6.29 Å². The minimum Gasteiger partial charge on any atom is -0.298 e. The van der Waals surface area contributed by atoms with Gasteiger partial charge in [-0.25, -0.2) is 0 Å². The summed E-state index contributed by atoms with van der Waals surface area (Å²) in [5, 5.41) is 5.47. The van der Waals surface area contributed by atoms with Gasteiger partial charge in [-0.05, 0) is 32.0 Å². The molecule has 0 unspecified atom stereocenters. The van der Waals surface area contributed by atoms with E-state index >= 15 is 0 Å². The molecule has 0 saturated heterocycles. The Morgan fingerprint density at radius 1 is 1.50 bits per heavy atom. The predicted octanol–water partition coefficient (Wildman–Crippen LogP) is 2.18. The Balaban J connectivity index is 2.73. The highest BCUT2D eigenvalue weighted by atomic mass is 16.1. The standard InChI is InChI=1S/C11H12N2O/c1-3-13-8(2)10-6-9(7-14)4-5-11(10)12-13/h4-7H,3H2,1-2H3. The van der Waals surface area contributed by atoms with Gasteiger partial charge in [0.05, 0.1) is 5.52 Å². The molecule has 1 aromatic heterocycles. The smallest absolute Gasteiger partial charge is 0.150 e. The van der Waals surface area contributed by atoms with E-state index in [0.717, 1.165) is 29.4 Å². The molecule has 0 bridgehead atoms. The average Bonchev–Trinajstić information content (AvgIpc) is 2.55. The van der Waals surface area contributed by atoms with Gasteiger partial charge in [0.15, 0.2) is 0 Å². The van der Waals surface area contributed by atoms with E-state index in [1.54, 1.807) is 6.07 Å². The van der Waals surface area contributed by atoms with Gasteiger partial charge in [0.2, 0.25) is 0 Å². The van der Waals surface area contributed by atoms with Crippen LogP contribution >= 0.6 is 0 Å². The lowest BCUT2D eigenvalue weighted by molar-refractivity contribution is 0.112. The Bertz CT molecular complexity index is 485. The molecule has 2 rings (SSSR count). The molecule has 72 valence electrons. The summed E-state index contributed by atoms with van der Waals surface area (Å²) in [6, 6.07) is 5.57. The molecule has 2 aromatic rings. The number of aromatic nitrogens is 2. The van der Waals surface area contributed by atoms with Crippen molar-refractivity contribution < 1.29 is 4.79 Å². The number of rotatable bonds is 2. The summed E-state index contributed by atoms with van der Waals surface area (Å²) in [6.45, 7) is 4.93. The first-order valence-corrected chi connectivity index (χ1v) is 4.68. The first-order valence-electron chi connectivity index (χ1n) is 4.68. The molecule has 1 aromatic carbocycles. The Labute approximate surface area is 82.3 Å². The third kappa shape index (κ3) is 1.21. The van der Waals surface area contributed by atoms with Crippen LogP contribution in [0.1, 0.15) is 23.0 Å². The number of hydrogen-bond acceptors (Lipinski definition) is 2. The van der Waals surface area contributed by atoms with Crippen LogP contribution in [0.5, 0.6) is 0 Å². The molecule has 0 amide bonds. The molecule has 0 aliphatic rings. The molecule has 0 aliphatic heterocycles. The van der Waals surface area contributed by atoms with Crippen molar-refractivity contribution in [3.05, 3.63) is 29.5 Å². The first-order chi connectivity index (χ1) is 6.76. The van der Waals surface area contributed by atoms with Crippen LogP contribution in [0.15, 0.2) is 18.2 Å². The zero-order valence-electron chi connectivity index (χ0n) is 8.32. The van der Waals surface area contributed by atoms with Crippen LogP contribution in [-0.2, 0) is 6.54 Å². The van der Waals surface area contributed by atoms with Crippen LogP contribution in [0.2, 0.25) is 0 Å². The molecule has 0 N–H and O–H groups in total. The highest BCUT2D eigenvalue weighted by Crippen LogP contribution is 2.18. The third-order valence-electron chi connectivity index (χ3n) is 2.46. The fraction of sp³-hybridized carbons (Fsp3) is 0.273. The predicted molar refractivity (Wildman–Crippen MR) is 55.5 cm³/mol. The summed E-state index contributed by atoms with van der Waals surface area (Å²) in [7, 11) is 0. The first kappa shape index (κ1) is 8.94. The monoisotopic (exact) mass is 188 g/mol. The summed E-state index contributed by atoms with van der Waals surface area (Å²) in [5.41, 5.74) is 2.78. The molecular formula is C11H12N2O. The van der Waals surface area contributed by atoms with Crippen molar-refractivity contribution in [2.45, 2.75) is 20.4 Å². The highest BCUT2D eigenvalue weighted by Gasteiger charge is 2.05. The molecule has 3 nitrogen and oxygen atoms in total. The molecule has 0 saturated carbocycles. The quantitative estimate of drug-likeness (QED) is 0.677. The van der Waals surface area contributed by atoms with Gasteiger partial charge in [0.25, 0.3) is 0 Å². The maximum absolute atomic E-state index is 10.6. The Hall–Kier alpha value is -1.64. The van der Waals surface area contributed by atoms with Gasteiger partial charge in [-0.3, -0.25) is 9.48 Å². The minimum absolute atomic E-state index is 0.705. The maximum atomic E-state index is 10.6. The third-order valence-corrected chi connectivity index (χ3v) is 2.46. The number of aryl methyl sites for hydroxylation is 2. The summed E-state index contributed by atoms with van der Waals surface area (Å²) < 4.78 is 1.94. The van der Waals surface area contributed by atoms with Crippen LogP contribution in [0.4, 0.5) is 0 Å². The van der Waals surface area contributed by atoms with Crippen LogP contribution in [0.3, 0.4) is 0 Å². The Kier molecular flexibility index (Phi) is 2.08. The topological polar surface area (TPSA) is 34.9 Å². The second kappa shape index (κ2) is 3.25. The molecule has 0 aliphatic carbocycles. The molecule has 0 spiro atoms. The highest BCUT2D eigenvalue weighted by molar-refractivity contribution is 5.88. The van der Waals surface area contributed by atoms with Crippen LogP contribution in [-0.4, -0.2) is 16.1 Å². The molecule has 0 atom stereocenters. The zero-order valence-corrected chi connectivity index (χ0v) is 8.32. The van der Waals surface area contributed by atoms with Crippen molar-refractivity contribution >= 4 is 17.2 Å². The van der Waals surface area contributed by atoms with E-state index in [1.807, 2.05) is 23.7 Å². The van der Waals surface area contributed by atoms with Crippen LogP contribution in [0, 0.1) is 6.92 Å². The number of benzene rings is 1. The number of nitrogens with zero attached hydrogens (tertiary/aromatic N) is 2. The fourth-order valence-electron chi connectivity index (χ4n) is 1.66. The maximum Gasteiger partial charge on any atom is 0.150 e. The van der Waals surface area contributed by atoms with E-state index in [4.69, 9.17) is 0 Å². The number of carbonyl (C=O) groups is 1. The van der Waals surface area contributed by atoms with Crippen molar-refractivity contribution in [3.63, 3.8) is 0 Å². The summed E-state index contributed by atoms with van der Waals surface area (Å²) in [5.74, 6) is 0. The largest absolute Gasteiger partial charge is 0.298 e. The van der Waals surface area contributed by atoms with Crippen molar-refractivity contribution in [2.75, 3.05) is 0 Å². The molecule has 1 heterocycles. The number of fused-ring (bicyclic) bond motifs is 1. The Morgan fingerprint density at radius 2 is 2.29 bits per heavy atom. The van der Waals surface area contributed by atoms with Gasteiger partial charge < -0.3 is 0 Å². The van der Waals surface area contributed by atoms with Crippen molar-refractivity contribution in [2.24, 2.45) is 0 Å². The molecule has 0 fully saturated rings. The van der Waals surface area contributed by atoms with Crippen molar-refractivity contribution in [1.29, 1.82) is 0 Å². The van der Waals surface area contributed by atoms with Crippen LogP contribution < -0.4 is 0 Å². The lowest BCUT2D eigenvalue weighted by Crippen LogP contribution is -1.97. The normalized spacial score (nSPS) is 10.7. The Morgan fingerprint density at radius 3 is 2.93 bits per heavy atom. The van der Waals surface area contributed by atoms with Crippen molar-refractivity contribution in [3.8, 4) is 0 Å². The molecular weight excluding hydrogens is 176 g/mol. The molecule has 3 heteroatoms. The fourth-order valence-corrected chi connectivity index (χ4v) is 1.66. The second-order valence-electron chi connectivity index (χ2n) is 3.30.